The van der Waals surface area contributed by atoms with Crippen LogP contribution in [0.15, 0.2) is 10.6 Å². The number of aryl methyl sites for hydroxylation is 1. The number of hydrogen-bond acceptors (Lipinski definition) is 4. The van der Waals surface area contributed by atoms with E-state index < -0.39 is 0 Å². The lowest BCUT2D eigenvalue weighted by molar-refractivity contribution is -0.117. The van der Waals surface area contributed by atoms with Gasteiger partial charge in [0, 0.05) is 6.07 Å². The van der Waals surface area contributed by atoms with Crippen molar-refractivity contribution < 1.29 is 9.32 Å². The molecule has 1 aliphatic heterocycles. The first-order chi connectivity index (χ1) is 6.75. The topological polar surface area (TPSA) is 67.2 Å². The van der Waals surface area contributed by atoms with Gasteiger partial charge in [0.05, 0.1) is 11.7 Å². The van der Waals surface area contributed by atoms with Crippen LogP contribution in [0.2, 0.25) is 0 Å². The molecule has 0 spiro atoms. The fraction of sp³-hybridized carbons (Fsp3) is 0.556. The van der Waals surface area contributed by atoms with Crippen LogP contribution in [0.3, 0.4) is 0 Å². The summed E-state index contributed by atoms with van der Waals surface area (Å²) in [5, 5.41) is 9.47. The summed E-state index contributed by atoms with van der Waals surface area (Å²) < 4.78 is 4.88. The van der Waals surface area contributed by atoms with Crippen molar-refractivity contribution in [2.45, 2.75) is 25.8 Å². The molecule has 0 unspecified atom stereocenters. The highest BCUT2D eigenvalue weighted by atomic mass is 16.5. The molecule has 1 aliphatic rings. The zero-order valence-corrected chi connectivity index (χ0v) is 8.04. The molecule has 2 N–H and O–H groups in total. The molecule has 5 nitrogen and oxygen atoms in total. The Labute approximate surface area is 81.8 Å². The molecule has 2 rings (SSSR count). The number of hydrogen-bond donors (Lipinski definition) is 2. The van der Waals surface area contributed by atoms with Gasteiger partial charge in [-0.05, 0) is 26.3 Å². The van der Waals surface area contributed by atoms with Crippen LogP contribution < -0.4 is 10.6 Å². The predicted molar refractivity (Wildman–Crippen MR) is 50.9 cm³/mol. The first kappa shape index (κ1) is 9.21. The van der Waals surface area contributed by atoms with Crippen LogP contribution in [-0.4, -0.2) is 23.7 Å². The van der Waals surface area contributed by atoms with E-state index in [0.29, 0.717) is 5.88 Å². The lowest BCUT2D eigenvalue weighted by atomic mass is 10.2. The molecular weight excluding hydrogens is 182 g/mol. The number of nitrogens with one attached hydrogen (secondary N) is 2. The van der Waals surface area contributed by atoms with Crippen LogP contribution in [-0.2, 0) is 4.79 Å². The molecule has 76 valence electrons. The van der Waals surface area contributed by atoms with Gasteiger partial charge < -0.3 is 9.84 Å². The summed E-state index contributed by atoms with van der Waals surface area (Å²) in [5.41, 5.74) is 0.764. The summed E-state index contributed by atoms with van der Waals surface area (Å²) in [6.45, 7) is 2.72. The van der Waals surface area contributed by atoms with Gasteiger partial charge in [-0.3, -0.25) is 10.1 Å². The minimum Gasteiger partial charge on any atom is -0.338 e. The van der Waals surface area contributed by atoms with Gasteiger partial charge in [-0.15, -0.1) is 0 Å². The lowest BCUT2D eigenvalue weighted by Crippen LogP contribution is -2.35. The minimum atomic E-state index is -0.0830. The molecule has 14 heavy (non-hydrogen) atoms. The van der Waals surface area contributed by atoms with Crippen molar-refractivity contribution in [1.82, 2.24) is 10.5 Å². The number of anilines is 1. The number of carbonyl (C=O) groups is 1. The van der Waals surface area contributed by atoms with Crippen molar-refractivity contribution in [3.63, 3.8) is 0 Å². The maximum atomic E-state index is 11.6. The highest BCUT2D eigenvalue weighted by Crippen LogP contribution is 2.11. The Hall–Kier alpha value is -1.36. The average Bonchev–Trinajstić information content (AvgIpc) is 2.75. The van der Waals surface area contributed by atoms with E-state index in [2.05, 4.69) is 15.8 Å². The summed E-state index contributed by atoms with van der Waals surface area (Å²) in [6, 6.07) is 1.62. The second kappa shape index (κ2) is 3.79. The van der Waals surface area contributed by atoms with Gasteiger partial charge in [0.15, 0.2) is 0 Å². The zero-order chi connectivity index (χ0) is 9.97. The van der Waals surface area contributed by atoms with Crippen molar-refractivity contribution in [2.75, 3.05) is 11.9 Å². The lowest BCUT2D eigenvalue weighted by Gasteiger charge is -2.07. The van der Waals surface area contributed by atoms with Crippen LogP contribution in [0.4, 0.5) is 5.88 Å². The zero-order valence-electron chi connectivity index (χ0n) is 8.04. The van der Waals surface area contributed by atoms with Gasteiger partial charge in [0.25, 0.3) is 0 Å². The molecule has 1 atom stereocenters. The number of amides is 1. The van der Waals surface area contributed by atoms with E-state index in [9.17, 15) is 4.79 Å². The van der Waals surface area contributed by atoms with E-state index >= 15 is 0 Å². The van der Waals surface area contributed by atoms with Gasteiger partial charge in [0.2, 0.25) is 11.8 Å². The Bertz CT molecular complexity index is 329. The number of aromatic nitrogens is 1. The van der Waals surface area contributed by atoms with Crippen LogP contribution in [0, 0.1) is 6.92 Å². The van der Waals surface area contributed by atoms with Gasteiger partial charge in [-0.2, -0.15) is 0 Å². The molecule has 1 aromatic rings. The SMILES string of the molecule is Cc1cc(NC(=O)[C@H]2CCCN2)on1. The molecule has 1 fully saturated rings. The Balaban J connectivity index is 1.93. The van der Waals surface area contributed by atoms with E-state index in [1.807, 2.05) is 6.92 Å². The maximum absolute atomic E-state index is 11.6. The molecule has 2 heterocycles. The smallest absolute Gasteiger partial charge is 0.243 e. The molecule has 0 radical (unpaired) electrons. The maximum Gasteiger partial charge on any atom is 0.243 e. The third-order valence-electron chi connectivity index (χ3n) is 2.25. The standard InChI is InChI=1S/C9H13N3O2/c1-6-5-8(14-12-6)11-9(13)7-3-2-4-10-7/h5,7,10H,2-4H2,1H3,(H,11,13)/t7-/m1/s1. The first-order valence-corrected chi connectivity index (χ1v) is 4.73. The van der Waals surface area contributed by atoms with Crippen molar-refractivity contribution >= 4 is 11.8 Å². The number of rotatable bonds is 2. The van der Waals surface area contributed by atoms with Gasteiger partial charge in [-0.25, -0.2) is 0 Å². The van der Waals surface area contributed by atoms with Crippen LogP contribution in [0.25, 0.3) is 0 Å². The highest BCUT2D eigenvalue weighted by molar-refractivity contribution is 5.93. The fourth-order valence-electron chi connectivity index (χ4n) is 1.54. The van der Waals surface area contributed by atoms with E-state index in [0.717, 1.165) is 25.1 Å². The molecule has 5 heteroatoms. The third kappa shape index (κ3) is 1.93. The minimum absolute atomic E-state index is 0.0429. The van der Waals surface area contributed by atoms with Crippen molar-refractivity contribution in [1.29, 1.82) is 0 Å². The van der Waals surface area contributed by atoms with Crippen molar-refractivity contribution in [3.8, 4) is 0 Å². The normalized spacial score (nSPS) is 21.1. The Morgan fingerprint density at radius 1 is 1.79 bits per heavy atom. The molecule has 0 aromatic carbocycles. The highest BCUT2D eigenvalue weighted by Gasteiger charge is 2.22. The fourth-order valence-corrected chi connectivity index (χ4v) is 1.54. The molecule has 1 amide bonds. The molecule has 0 aliphatic carbocycles. The number of nitrogens with zero attached hydrogens (tertiary/aromatic N) is 1. The molecule has 1 aromatic heterocycles. The van der Waals surface area contributed by atoms with Gasteiger partial charge >= 0.3 is 0 Å². The van der Waals surface area contributed by atoms with Crippen LogP contribution in [0.1, 0.15) is 18.5 Å². The first-order valence-electron chi connectivity index (χ1n) is 4.73. The Morgan fingerprint density at radius 2 is 2.64 bits per heavy atom. The summed E-state index contributed by atoms with van der Waals surface area (Å²) in [5.74, 6) is 0.375. The van der Waals surface area contributed by atoms with Gasteiger partial charge in [0.1, 0.15) is 0 Å². The Morgan fingerprint density at radius 3 is 3.21 bits per heavy atom. The summed E-state index contributed by atoms with van der Waals surface area (Å²) in [6.07, 6.45) is 1.94. The van der Waals surface area contributed by atoms with Crippen LogP contribution in [0.5, 0.6) is 0 Å². The Kier molecular flexibility index (Phi) is 2.49. The average molecular weight is 195 g/mol. The molecular formula is C9H13N3O2. The summed E-state index contributed by atoms with van der Waals surface area (Å²) in [4.78, 5) is 11.6. The summed E-state index contributed by atoms with van der Waals surface area (Å²) in [7, 11) is 0. The third-order valence-corrected chi connectivity index (χ3v) is 2.25. The molecule has 0 bridgehead atoms. The summed E-state index contributed by atoms with van der Waals surface area (Å²) >= 11 is 0. The quantitative estimate of drug-likeness (QED) is 0.728. The number of carbonyl (C=O) groups excluding carboxylic acids is 1. The second-order valence-corrected chi connectivity index (χ2v) is 3.47. The predicted octanol–water partition coefficient (Wildman–Crippen LogP) is 0.674. The van der Waals surface area contributed by atoms with E-state index in [1.54, 1.807) is 6.07 Å². The molecule has 0 saturated carbocycles. The van der Waals surface area contributed by atoms with Crippen molar-refractivity contribution in [3.05, 3.63) is 11.8 Å². The van der Waals surface area contributed by atoms with E-state index in [1.165, 1.54) is 0 Å². The van der Waals surface area contributed by atoms with E-state index in [4.69, 9.17) is 4.52 Å². The molecule has 1 saturated heterocycles. The van der Waals surface area contributed by atoms with E-state index in [-0.39, 0.29) is 11.9 Å². The second-order valence-electron chi connectivity index (χ2n) is 3.47. The largest absolute Gasteiger partial charge is 0.338 e. The van der Waals surface area contributed by atoms with Gasteiger partial charge in [-0.1, -0.05) is 5.16 Å². The van der Waals surface area contributed by atoms with Crippen LogP contribution >= 0.6 is 0 Å². The monoisotopic (exact) mass is 195 g/mol. The van der Waals surface area contributed by atoms with Crippen molar-refractivity contribution in [2.24, 2.45) is 0 Å².